The Morgan fingerprint density at radius 1 is 1.00 bits per heavy atom. The first-order valence-electron chi connectivity index (χ1n) is 6.71. The average molecular weight is 377 g/mol. The molecule has 0 atom stereocenters. The van der Waals surface area contributed by atoms with Crippen molar-refractivity contribution in [3.8, 4) is 5.75 Å². The fraction of sp³-hybridized carbons (Fsp3) is 0.118. The van der Waals surface area contributed by atoms with Crippen molar-refractivity contribution in [2.24, 2.45) is 0 Å². The number of ether oxygens (including phenoxy) is 2. The van der Waals surface area contributed by atoms with Crippen LogP contribution in [0.5, 0.6) is 5.75 Å². The molecule has 0 saturated carbocycles. The van der Waals surface area contributed by atoms with Crippen LogP contribution in [-0.4, -0.2) is 31.3 Å². The molecule has 0 aliphatic carbocycles. The number of esters is 1. The van der Waals surface area contributed by atoms with E-state index in [9.17, 15) is 14.4 Å². The van der Waals surface area contributed by atoms with Crippen molar-refractivity contribution in [3.05, 3.63) is 64.1 Å². The molecule has 2 aromatic rings. The van der Waals surface area contributed by atoms with E-state index in [0.717, 1.165) is 4.47 Å². The molecule has 0 aliphatic rings. The van der Waals surface area contributed by atoms with E-state index in [-0.39, 0.29) is 19.0 Å². The van der Waals surface area contributed by atoms with Crippen LogP contribution in [-0.2, 0) is 9.53 Å². The fourth-order valence-electron chi connectivity index (χ4n) is 1.75. The van der Waals surface area contributed by atoms with E-state index in [0.29, 0.717) is 23.2 Å². The van der Waals surface area contributed by atoms with Crippen molar-refractivity contribution in [2.45, 2.75) is 0 Å². The van der Waals surface area contributed by atoms with Gasteiger partial charge >= 0.3 is 5.97 Å². The van der Waals surface area contributed by atoms with E-state index in [1.807, 2.05) is 0 Å². The molecule has 118 valence electrons. The first-order chi connectivity index (χ1) is 11.1. The summed E-state index contributed by atoms with van der Waals surface area (Å²) in [4.78, 5) is 34.3. The molecule has 5 nitrogen and oxygen atoms in total. The zero-order chi connectivity index (χ0) is 16.7. The molecule has 0 radical (unpaired) electrons. The van der Waals surface area contributed by atoms with Gasteiger partial charge in [-0.2, -0.15) is 0 Å². The van der Waals surface area contributed by atoms with Gasteiger partial charge in [-0.15, -0.1) is 0 Å². The third-order valence-corrected chi connectivity index (χ3v) is 3.45. The molecule has 0 unspecified atom stereocenters. The molecule has 0 spiro atoms. The van der Waals surface area contributed by atoms with Crippen LogP contribution in [0.1, 0.15) is 20.7 Å². The van der Waals surface area contributed by atoms with Crippen LogP contribution in [0, 0.1) is 0 Å². The smallest absolute Gasteiger partial charge is 0.344 e. The Morgan fingerprint density at radius 2 is 1.70 bits per heavy atom. The molecule has 0 aromatic heterocycles. The van der Waals surface area contributed by atoms with Crippen molar-refractivity contribution in [1.29, 1.82) is 0 Å². The molecule has 0 aliphatic heterocycles. The van der Waals surface area contributed by atoms with Crippen molar-refractivity contribution in [3.63, 3.8) is 0 Å². The molecule has 2 rings (SSSR count). The van der Waals surface area contributed by atoms with Crippen LogP contribution in [0.2, 0.25) is 0 Å². The van der Waals surface area contributed by atoms with Gasteiger partial charge in [-0.05, 0) is 24.3 Å². The highest BCUT2D eigenvalue weighted by Crippen LogP contribution is 2.15. The number of carbonyl (C=O) groups is 3. The summed E-state index contributed by atoms with van der Waals surface area (Å²) < 4.78 is 10.9. The van der Waals surface area contributed by atoms with Crippen molar-refractivity contribution >= 4 is 34.0 Å². The standard InChI is InChI=1S/C17H13BrO5/c18-14-7-5-12(6-8-14)15(20)10-23-17(21)11-22-16-4-2-1-3-13(16)9-19/h1-9H,10-11H2. The number of para-hydroxylation sites is 1. The number of halogens is 1. The zero-order valence-electron chi connectivity index (χ0n) is 12.0. The number of aldehydes is 1. The summed E-state index contributed by atoms with van der Waals surface area (Å²) in [5, 5.41) is 0. The lowest BCUT2D eigenvalue weighted by Crippen LogP contribution is -2.19. The van der Waals surface area contributed by atoms with Gasteiger partial charge in [-0.25, -0.2) is 4.79 Å². The van der Waals surface area contributed by atoms with Crippen LogP contribution in [0.3, 0.4) is 0 Å². The fourth-order valence-corrected chi connectivity index (χ4v) is 2.02. The van der Waals surface area contributed by atoms with E-state index in [2.05, 4.69) is 15.9 Å². The van der Waals surface area contributed by atoms with Crippen LogP contribution in [0.4, 0.5) is 0 Å². The Labute approximate surface area is 141 Å². The SMILES string of the molecule is O=Cc1ccccc1OCC(=O)OCC(=O)c1ccc(Br)cc1. The summed E-state index contributed by atoms with van der Waals surface area (Å²) in [6.45, 7) is -0.738. The largest absolute Gasteiger partial charge is 0.481 e. The Kier molecular flexibility index (Phi) is 6.05. The molecule has 0 saturated heterocycles. The van der Waals surface area contributed by atoms with E-state index >= 15 is 0 Å². The predicted octanol–water partition coefficient (Wildman–Crippen LogP) is 3.07. The Morgan fingerprint density at radius 3 is 2.39 bits per heavy atom. The number of rotatable bonds is 7. The highest BCUT2D eigenvalue weighted by atomic mass is 79.9. The van der Waals surface area contributed by atoms with Crippen molar-refractivity contribution in [1.82, 2.24) is 0 Å². The first kappa shape index (κ1) is 16.9. The van der Waals surface area contributed by atoms with Gasteiger partial charge in [0.15, 0.2) is 25.3 Å². The summed E-state index contributed by atoms with van der Waals surface area (Å²) in [6.07, 6.45) is 0.637. The molecule has 0 N–H and O–H groups in total. The third kappa shape index (κ3) is 5.03. The quantitative estimate of drug-likeness (QED) is 0.421. The molecule has 0 amide bonds. The van der Waals surface area contributed by atoms with Gasteiger partial charge in [0.25, 0.3) is 0 Å². The minimum atomic E-state index is -0.684. The Bertz CT molecular complexity index is 709. The summed E-state index contributed by atoms with van der Waals surface area (Å²) in [7, 11) is 0. The number of hydrogen-bond donors (Lipinski definition) is 0. The van der Waals surface area contributed by atoms with Crippen LogP contribution in [0.15, 0.2) is 53.0 Å². The molecule has 0 bridgehead atoms. The summed E-state index contributed by atoms with van der Waals surface area (Å²) >= 11 is 3.27. The minimum absolute atomic E-state index is 0.290. The van der Waals surface area contributed by atoms with Crippen molar-refractivity contribution in [2.75, 3.05) is 13.2 Å². The van der Waals surface area contributed by atoms with Gasteiger partial charge in [0.05, 0.1) is 5.56 Å². The topological polar surface area (TPSA) is 69.7 Å². The maximum atomic E-state index is 11.9. The van der Waals surface area contributed by atoms with Crippen LogP contribution >= 0.6 is 15.9 Å². The van der Waals surface area contributed by atoms with Gasteiger partial charge in [0.2, 0.25) is 0 Å². The highest BCUT2D eigenvalue weighted by molar-refractivity contribution is 9.10. The van der Waals surface area contributed by atoms with Gasteiger partial charge in [0, 0.05) is 10.0 Å². The van der Waals surface area contributed by atoms with Crippen LogP contribution < -0.4 is 4.74 Å². The Balaban J connectivity index is 1.82. The maximum absolute atomic E-state index is 11.9. The normalized spacial score (nSPS) is 9.96. The van der Waals surface area contributed by atoms with Gasteiger partial charge in [-0.3, -0.25) is 9.59 Å². The summed E-state index contributed by atoms with van der Waals surface area (Å²) in [5.41, 5.74) is 0.791. The third-order valence-electron chi connectivity index (χ3n) is 2.92. The second-order valence-electron chi connectivity index (χ2n) is 4.54. The maximum Gasteiger partial charge on any atom is 0.344 e. The molecule has 2 aromatic carbocycles. The van der Waals surface area contributed by atoms with Gasteiger partial charge in [0.1, 0.15) is 5.75 Å². The van der Waals surface area contributed by atoms with Gasteiger partial charge < -0.3 is 9.47 Å². The number of hydrogen-bond acceptors (Lipinski definition) is 5. The second-order valence-corrected chi connectivity index (χ2v) is 5.45. The van der Waals surface area contributed by atoms with Gasteiger partial charge in [-0.1, -0.05) is 40.2 Å². The van der Waals surface area contributed by atoms with E-state index in [1.54, 1.807) is 48.5 Å². The van der Waals surface area contributed by atoms with Crippen molar-refractivity contribution < 1.29 is 23.9 Å². The number of benzene rings is 2. The first-order valence-corrected chi connectivity index (χ1v) is 7.51. The lowest BCUT2D eigenvalue weighted by molar-refractivity contribution is -0.144. The van der Waals surface area contributed by atoms with E-state index in [4.69, 9.17) is 9.47 Å². The molecule has 0 heterocycles. The molecule has 0 fully saturated rings. The second kappa shape index (κ2) is 8.24. The summed E-state index contributed by atoms with van der Waals surface area (Å²) in [5.74, 6) is -0.700. The monoisotopic (exact) mass is 376 g/mol. The lowest BCUT2D eigenvalue weighted by atomic mass is 10.1. The van der Waals surface area contributed by atoms with E-state index in [1.165, 1.54) is 0 Å². The van der Waals surface area contributed by atoms with Crippen LogP contribution in [0.25, 0.3) is 0 Å². The molecular weight excluding hydrogens is 364 g/mol. The highest BCUT2D eigenvalue weighted by Gasteiger charge is 2.11. The Hall–Kier alpha value is -2.47. The predicted molar refractivity (Wildman–Crippen MR) is 86.8 cm³/mol. The number of carbonyl (C=O) groups excluding carboxylic acids is 3. The molecule has 6 heteroatoms. The number of Topliss-reactive ketones (excluding diaryl/α,β-unsaturated/α-hetero) is 1. The average Bonchev–Trinajstić information content (AvgIpc) is 2.58. The molecule has 23 heavy (non-hydrogen) atoms. The number of ketones is 1. The van der Waals surface area contributed by atoms with E-state index < -0.39 is 5.97 Å². The minimum Gasteiger partial charge on any atom is -0.481 e. The molecular formula is C17H13BrO5. The summed E-state index contributed by atoms with van der Waals surface area (Å²) in [6, 6.07) is 13.3. The zero-order valence-corrected chi connectivity index (χ0v) is 13.6. The lowest BCUT2D eigenvalue weighted by Gasteiger charge is -2.08.